The molecule has 4 amide bonds. The van der Waals surface area contributed by atoms with Crippen LogP contribution in [0.4, 0.5) is 20.8 Å². The van der Waals surface area contributed by atoms with Crippen molar-refractivity contribution in [2.75, 3.05) is 22.6 Å². The van der Waals surface area contributed by atoms with Crippen molar-refractivity contribution in [1.82, 2.24) is 5.32 Å². The molecule has 1 aromatic heterocycles. The van der Waals surface area contributed by atoms with Crippen molar-refractivity contribution in [2.45, 2.75) is 24.0 Å². The van der Waals surface area contributed by atoms with Crippen molar-refractivity contribution in [3.8, 4) is 0 Å². The van der Waals surface area contributed by atoms with E-state index in [-0.39, 0.29) is 27.7 Å². The van der Waals surface area contributed by atoms with Crippen LogP contribution >= 0.6 is 23.1 Å². The number of rotatable bonds is 14. The third-order valence-corrected chi connectivity index (χ3v) is 11.0. The van der Waals surface area contributed by atoms with Gasteiger partial charge in [0.1, 0.15) is 21.8 Å². The van der Waals surface area contributed by atoms with Crippen LogP contribution in [0.2, 0.25) is 0 Å². The second-order valence-electron chi connectivity index (χ2n) is 12.6. The molecule has 292 valence electrons. The number of benzene rings is 5. The number of amides is 4. The van der Waals surface area contributed by atoms with Gasteiger partial charge in [-0.1, -0.05) is 84.9 Å². The molecule has 0 fully saturated rings. The summed E-state index contributed by atoms with van der Waals surface area (Å²) in [6.07, 6.45) is 1.44. The highest BCUT2D eigenvalue weighted by atomic mass is 32.2. The van der Waals surface area contributed by atoms with E-state index in [1.807, 2.05) is 12.1 Å². The quantitative estimate of drug-likeness (QED) is 0.0488. The van der Waals surface area contributed by atoms with E-state index in [0.717, 1.165) is 11.3 Å². The molecule has 1 atom stereocenters. The first-order chi connectivity index (χ1) is 28.1. The number of para-hydroxylation sites is 1. The fourth-order valence-corrected chi connectivity index (χ4v) is 7.88. The summed E-state index contributed by atoms with van der Waals surface area (Å²) in [6, 6.07) is 38.6. The molecule has 0 aliphatic carbocycles. The van der Waals surface area contributed by atoms with Gasteiger partial charge in [0.2, 0.25) is 5.91 Å². The zero-order chi connectivity index (χ0) is 41.0. The molecular formula is C45H37FN4O6S2. The Labute approximate surface area is 342 Å². The number of hydrogen-bond donors (Lipinski definition) is 4. The first kappa shape index (κ1) is 40.8. The van der Waals surface area contributed by atoms with Crippen LogP contribution in [0, 0.1) is 12.7 Å². The maximum absolute atomic E-state index is 14.3. The highest BCUT2D eigenvalue weighted by Crippen LogP contribution is 2.40. The monoisotopic (exact) mass is 812 g/mol. The lowest BCUT2D eigenvalue weighted by Gasteiger charge is -2.18. The number of carbonyl (C=O) groups excluding carboxylic acids is 5. The summed E-state index contributed by atoms with van der Waals surface area (Å²) in [5.41, 5.74) is 2.78. The van der Waals surface area contributed by atoms with Gasteiger partial charge in [-0.2, -0.15) is 0 Å². The molecule has 5 aromatic carbocycles. The molecule has 0 aliphatic heterocycles. The molecule has 0 spiro atoms. The highest BCUT2D eigenvalue weighted by Gasteiger charge is 2.30. The van der Waals surface area contributed by atoms with Crippen LogP contribution < -0.4 is 21.3 Å². The average molecular weight is 813 g/mol. The third-order valence-electron chi connectivity index (χ3n) is 8.50. The number of nitrogens with one attached hydrogen (secondary N) is 4. The summed E-state index contributed by atoms with van der Waals surface area (Å²) in [5.74, 6) is -3.19. The Balaban J connectivity index is 1.26. The molecule has 10 nitrogen and oxygen atoms in total. The minimum Gasteiger partial charge on any atom is -0.462 e. The molecular weight excluding hydrogens is 776 g/mol. The molecule has 0 saturated carbocycles. The third kappa shape index (κ3) is 10.5. The zero-order valence-electron chi connectivity index (χ0n) is 31.3. The number of esters is 1. The van der Waals surface area contributed by atoms with Crippen molar-refractivity contribution in [2.24, 2.45) is 0 Å². The van der Waals surface area contributed by atoms with Gasteiger partial charge in [-0.3, -0.25) is 19.2 Å². The van der Waals surface area contributed by atoms with Crippen LogP contribution in [-0.2, 0) is 14.3 Å². The van der Waals surface area contributed by atoms with Crippen LogP contribution in [0.25, 0.3) is 6.08 Å². The van der Waals surface area contributed by atoms with Gasteiger partial charge in [0.05, 0.1) is 17.0 Å². The average Bonchev–Trinajstić information content (AvgIpc) is 3.56. The number of anilines is 3. The number of ether oxygens (including phenoxy) is 1. The van der Waals surface area contributed by atoms with Gasteiger partial charge in [-0.05, 0) is 91.2 Å². The molecule has 4 N–H and O–H groups in total. The van der Waals surface area contributed by atoms with E-state index in [1.54, 1.807) is 117 Å². The number of carbonyl (C=O) groups is 5. The predicted octanol–water partition coefficient (Wildman–Crippen LogP) is 9.51. The summed E-state index contributed by atoms with van der Waals surface area (Å²) in [6.45, 7) is 3.39. The van der Waals surface area contributed by atoms with Gasteiger partial charge in [0.25, 0.3) is 17.7 Å². The number of thiophene rings is 1. The van der Waals surface area contributed by atoms with Gasteiger partial charge in [0.15, 0.2) is 0 Å². The number of hydrogen-bond acceptors (Lipinski definition) is 8. The first-order valence-electron chi connectivity index (χ1n) is 18.0. The topological polar surface area (TPSA) is 143 Å². The molecule has 1 unspecified atom stereocenters. The van der Waals surface area contributed by atoms with Crippen molar-refractivity contribution in [1.29, 1.82) is 0 Å². The Morgan fingerprint density at radius 3 is 2.05 bits per heavy atom. The van der Waals surface area contributed by atoms with E-state index >= 15 is 0 Å². The molecule has 0 bridgehead atoms. The fourth-order valence-electron chi connectivity index (χ4n) is 5.70. The van der Waals surface area contributed by atoms with E-state index in [2.05, 4.69) is 21.3 Å². The molecule has 0 saturated heterocycles. The predicted molar refractivity (Wildman–Crippen MR) is 226 cm³/mol. The second-order valence-corrected chi connectivity index (χ2v) is 14.8. The van der Waals surface area contributed by atoms with Crippen LogP contribution in [0.15, 0.2) is 150 Å². The van der Waals surface area contributed by atoms with Crippen LogP contribution in [0.5, 0.6) is 0 Å². The van der Waals surface area contributed by atoms with E-state index in [4.69, 9.17) is 4.74 Å². The Morgan fingerprint density at radius 2 is 1.38 bits per heavy atom. The summed E-state index contributed by atoms with van der Waals surface area (Å²) < 4.78 is 19.0. The summed E-state index contributed by atoms with van der Waals surface area (Å²) in [5, 5.41) is 10.5. The summed E-state index contributed by atoms with van der Waals surface area (Å²) >= 11 is 2.18. The first-order valence-corrected chi connectivity index (χ1v) is 19.7. The maximum atomic E-state index is 14.3. The van der Waals surface area contributed by atoms with Gasteiger partial charge in [0, 0.05) is 21.8 Å². The van der Waals surface area contributed by atoms with Gasteiger partial charge >= 0.3 is 5.97 Å². The van der Waals surface area contributed by atoms with Gasteiger partial charge < -0.3 is 26.0 Å². The molecule has 58 heavy (non-hydrogen) atoms. The Hall–Kier alpha value is -6.83. The largest absolute Gasteiger partial charge is 0.462 e. The van der Waals surface area contributed by atoms with Crippen molar-refractivity contribution < 1.29 is 33.1 Å². The minimum absolute atomic E-state index is 0.0829. The molecule has 0 aliphatic rings. The number of thioether (sulfide) groups is 1. The Morgan fingerprint density at radius 1 is 0.741 bits per heavy atom. The Bertz CT molecular complexity index is 2460. The molecule has 6 rings (SSSR count). The van der Waals surface area contributed by atoms with Crippen molar-refractivity contribution in [3.05, 3.63) is 184 Å². The normalized spacial score (nSPS) is 11.5. The van der Waals surface area contributed by atoms with Gasteiger partial charge in [-0.15, -0.1) is 23.1 Å². The molecule has 13 heteroatoms. The lowest BCUT2D eigenvalue weighted by molar-refractivity contribution is -0.116. The Kier molecular flexibility index (Phi) is 13.6. The summed E-state index contributed by atoms with van der Waals surface area (Å²) in [7, 11) is 0. The maximum Gasteiger partial charge on any atom is 0.341 e. The van der Waals surface area contributed by atoms with Crippen LogP contribution in [0.1, 0.15) is 59.3 Å². The lowest BCUT2D eigenvalue weighted by Crippen LogP contribution is -2.30. The highest BCUT2D eigenvalue weighted by molar-refractivity contribution is 8.00. The van der Waals surface area contributed by atoms with E-state index < -0.39 is 40.7 Å². The second kappa shape index (κ2) is 19.4. The standard InChI is InChI=1S/C45H37FN4O6S2/c1-3-56-45(55)37-28(2)38(42(53)47-33-18-11-6-12-19-33)58-44(37)50-43(54)39(30-14-7-4-8-15-30)57-35-21-13-20-34(27-35)48-41(52)36(26-29-22-24-32(46)25-23-29)49-40(51)31-16-9-5-10-17-31/h4-27,39H,3H2,1-2H3,(H,47,53)(H,48,52)(H,49,51)(H,50,54)/b36-26-. The smallest absolute Gasteiger partial charge is 0.341 e. The minimum atomic E-state index is -0.856. The van der Waals surface area contributed by atoms with E-state index in [9.17, 15) is 28.4 Å². The van der Waals surface area contributed by atoms with E-state index in [1.165, 1.54) is 42.1 Å². The number of halogens is 1. The fraction of sp³-hybridized carbons (Fsp3) is 0.0889. The molecule has 0 radical (unpaired) electrons. The van der Waals surface area contributed by atoms with Gasteiger partial charge in [-0.25, -0.2) is 9.18 Å². The lowest BCUT2D eigenvalue weighted by atomic mass is 10.1. The molecule has 1 heterocycles. The van der Waals surface area contributed by atoms with Crippen molar-refractivity contribution >= 4 is 75.1 Å². The zero-order valence-corrected chi connectivity index (χ0v) is 32.9. The SMILES string of the molecule is CCOC(=O)c1c(NC(=O)C(Sc2cccc(NC(=O)/C(=C/c3ccc(F)cc3)NC(=O)c3ccccc3)c2)c2ccccc2)sc(C(=O)Nc2ccccc2)c1C. The van der Waals surface area contributed by atoms with E-state index in [0.29, 0.717) is 38.5 Å². The molecule has 6 aromatic rings. The van der Waals surface area contributed by atoms with Crippen molar-refractivity contribution in [3.63, 3.8) is 0 Å². The van der Waals surface area contributed by atoms with Crippen LogP contribution in [0.3, 0.4) is 0 Å². The van der Waals surface area contributed by atoms with Crippen LogP contribution in [-0.4, -0.2) is 36.2 Å². The summed E-state index contributed by atoms with van der Waals surface area (Å²) in [4.78, 5) is 68.6.